The van der Waals surface area contributed by atoms with Gasteiger partial charge in [0, 0.05) is 4.90 Å². The van der Waals surface area contributed by atoms with Gasteiger partial charge in [0.1, 0.15) is 11.1 Å². The largest absolute Gasteiger partial charge is 0.480 e. The van der Waals surface area contributed by atoms with Crippen LogP contribution in [0.2, 0.25) is 0 Å². The van der Waals surface area contributed by atoms with Gasteiger partial charge in [-0.15, -0.1) is 11.8 Å². The number of carboxylic acids is 1. The fourth-order valence-electron chi connectivity index (χ4n) is 1.57. The Kier molecular flexibility index (Phi) is 3.99. The topological polar surface area (TPSA) is 37.3 Å². The number of carboxylic acid groups (broad SMARTS) is 1. The van der Waals surface area contributed by atoms with Crippen LogP contribution in [0.1, 0.15) is 10.8 Å². The lowest BCUT2D eigenvalue weighted by Gasteiger charge is -2.12. The van der Waals surface area contributed by atoms with Crippen molar-refractivity contribution in [3.8, 4) is 0 Å². The molecule has 0 radical (unpaired) electrons. The van der Waals surface area contributed by atoms with E-state index in [-0.39, 0.29) is 5.82 Å². The summed E-state index contributed by atoms with van der Waals surface area (Å²) in [6.07, 6.45) is 0. The Bertz CT molecular complexity index is 543. The Balaban J connectivity index is 2.25. The maximum absolute atomic E-state index is 13.1. The Morgan fingerprint density at radius 3 is 2.44 bits per heavy atom. The van der Waals surface area contributed by atoms with Crippen LogP contribution in [0.3, 0.4) is 0 Å². The highest BCUT2D eigenvalue weighted by Crippen LogP contribution is 2.35. The second-order valence-electron chi connectivity index (χ2n) is 3.70. The molecule has 2 aromatic rings. The molecule has 1 atom stereocenters. The van der Waals surface area contributed by atoms with Crippen LogP contribution >= 0.6 is 11.8 Å². The fourth-order valence-corrected chi connectivity index (χ4v) is 2.57. The number of thioether (sulfide) groups is 1. The molecule has 92 valence electrons. The van der Waals surface area contributed by atoms with Crippen LogP contribution in [0.5, 0.6) is 0 Å². The van der Waals surface area contributed by atoms with E-state index < -0.39 is 11.2 Å². The zero-order valence-corrected chi connectivity index (χ0v) is 10.2. The molecule has 0 spiro atoms. The predicted octanol–water partition coefficient (Wildman–Crippen LogP) is 3.74. The van der Waals surface area contributed by atoms with Gasteiger partial charge in [-0.2, -0.15) is 0 Å². The first kappa shape index (κ1) is 12.6. The van der Waals surface area contributed by atoms with Crippen LogP contribution < -0.4 is 0 Å². The normalized spacial score (nSPS) is 12.1. The summed E-state index contributed by atoms with van der Waals surface area (Å²) in [6, 6.07) is 14.9. The molecule has 4 heteroatoms. The number of aliphatic carboxylic acids is 1. The van der Waals surface area contributed by atoms with Gasteiger partial charge < -0.3 is 5.11 Å². The van der Waals surface area contributed by atoms with Gasteiger partial charge in [0.05, 0.1) is 0 Å². The molecule has 0 aliphatic heterocycles. The van der Waals surface area contributed by atoms with E-state index in [0.717, 1.165) is 11.8 Å². The molecule has 2 aromatic carbocycles. The molecule has 0 aliphatic carbocycles. The zero-order valence-electron chi connectivity index (χ0n) is 9.42. The van der Waals surface area contributed by atoms with Crippen molar-refractivity contribution in [3.63, 3.8) is 0 Å². The van der Waals surface area contributed by atoms with Gasteiger partial charge in [-0.1, -0.05) is 36.4 Å². The molecular formula is C14H11FO2S. The van der Waals surface area contributed by atoms with Crippen LogP contribution in [-0.4, -0.2) is 11.1 Å². The smallest absolute Gasteiger partial charge is 0.321 e. The average molecular weight is 262 g/mol. The fraction of sp³-hybridized carbons (Fsp3) is 0.0714. The third kappa shape index (κ3) is 3.11. The number of hydrogen-bond acceptors (Lipinski definition) is 2. The monoisotopic (exact) mass is 262 g/mol. The van der Waals surface area contributed by atoms with Crippen LogP contribution in [0, 0.1) is 5.82 Å². The van der Waals surface area contributed by atoms with Gasteiger partial charge in [0.2, 0.25) is 0 Å². The van der Waals surface area contributed by atoms with Gasteiger partial charge in [-0.05, 0) is 23.8 Å². The van der Waals surface area contributed by atoms with E-state index >= 15 is 0 Å². The summed E-state index contributed by atoms with van der Waals surface area (Å²) >= 11 is 1.12. The van der Waals surface area contributed by atoms with Gasteiger partial charge in [-0.3, -0.25) is 4.79 Å². The molecular weight excluding hydrogens is 251 g/mol. The molecule has 0 saturated carbocycles. The molecule has 2 rings (SSSR count). The number of carbonyl (C=O) groups is 1. The zero-order chi connectivity index (χ0) is 13.0. The summed E-state index contributed by atoms with van der Waals surface area (Å²) in [5.74, 6) is -1.30. The summed E-state index contributed by atoms with van der Waals surface area (Å²) in [4.78, 5) is 11.9. The molecule has 2 nitrogen and oxygen atoms in total. The molecule has 0 saturated heterocycles. The van der Waals surface area contributed by atoms with Crippen molar-refractivity contribution in [1.82, 2.24) is 0 Å². The number of halogens is 1. The number of benzene rings is 2. The maximum Gasteiger partial charge on any atom is 0.321 e. The summed E-state index contributed by atoms with van der Waals surface area (Å²) in [7, 11) is 0. The Morgan fingerprint density at radius 1 is 1.11 bits per heavy atom. The molecule has 0 aromatic heterocycles. The molecule has 0 bridgehead atoms. The predicted molar refractivity (Wildman–Crippen MR) is 69.1 cm³/mol. The van der Waals surface area contributed by atoms with Gasteiger partial charge >= 0.3 is 5.97 Å². The van der Waals surface area contributed by atoms with Crippen LogP contribution in [0.25, 0.3) is 0 Å². The van der Waals surface area contributed by atoms with Crippen molar-refractivity contribution in [2.45, 2.75) is 10.1 Å². The SMILES string of the molecule is O=C(O)[C@@H](Sc1cccc(F)c1)c1ccccc1. The molecule has 0 aliphatic rings. The van der Waals surface area contributed by atoms with Crippen molar-refractivity contribution in [2.24, 2.45) is 0 Å². The minimum atomic E-state index is -0.935. The first-order valence-corrected chi connectivity index (χ1v) is 6.25. The van der Waals surface area contributed by atoms with E-state index in [4.69, 9.17) is 0 Å². The lowest BCUT2D eigenvalue weighted by molar-refractivity contribution is -0.136. The lowest BCUT2D eigenvalue weighted by atomic mass is 10.1. The van der Waals surface area contributed by atoms with E-state index in [1.807, 2.05) is 6.07 Å². The van der Waals surface area contributed by atoms with E-state index in [0.29, 0.717) is 10.5 Å². The van der Waals surface area contributed by atoms with Crippen LogP contribution in [0.4, 0.5) is 4.39 Å². The highest BCUT2D eigenvalue weighted by Gasteiger charge is 2.20. The van der Waals surface area contributed by atoms with Crippen molar-refractivity contribution in [1.29, 1.82) is 0 Å². The van der Waals surface area contributed by atoms with Gasteiger partial charge in [-0.25, -0.2) is 4.39 Å². The number of rotatable bonds is 4. The van der Waals surface area contributed by atoms with Crippen LogP contribution in [-0.2, 0) is 4.79 Å². The molecule has 0 heterocycles. The highest BCUT2D eigenvalue weighted by atomic mass is 32.2. The maximum atomic E-state index is 13.1. The second kappa shape index (κ2) is 5.69. The summed E-state index contributed by atoms with van der Waals surface area (Å²) in [5.41, 5.74) is 0.694. The standard InChI is InChI=1S/C14H11FO2S/c15-11-7-4-8-12(9-11)18-13(14(16)17)10-5-2-1-3-6-10/h1-9,13H,(H,16,17)/t13-/m0/s1. The van der Waals surface area contributed by atoms with E-state index in [1.165, 1.54) is 12.1 Å². The average Bonchev–Trinajstić information content (AvgIpc) is 2.37. The highest BCUT2D eigenvalue weighted by molar-refractivity contribution is 8.00. The summed E-state index contributed by atoms with van der Waals surface area (Å²) in [5, 5.41) is 8.51. The molecule has 0 unspecified atom stereocenters. The minimum absolute atomic E-state index is 0.364. The van der Waals surface area contributed by atoms with Gasteiger partial charge in [0.15, 0.2) is 0 Å². The quantitative estimate of drug-likeness (QED) is 0.853. The molecule has 1 N–H and O–H groups in total. The minimum Gasteiger partial charge on any atom is -0.480 e. The van der Waals surface area contributed by atoms with Crippen molar-refractivity contribution in [3.05, 3.63) is 66.0 Å². The molecule has 0 fully saturated rings. The Labute approximate surface area is 108 Å². The molecule has 18 heavy (non-hydrogen) atoms. The third-order valence-electron chi connectivity index (χ3n) is 2.38. The van der Waals surface area contributed by atoms with Crippen molar-refractivity contribution in [2.75, 3.05) is 0 Å². The van der Waals surface area contributed by atoms with Crippen molar-refractivity contribution >= 4 is 17.7 Å². The van der Waals surface area contributed by atoms with E-state index in [2.05, 4.69) is 0 Å². The molecule has 0 amide bonds. The van der Waals surface area contributed by atoms with E-state index in [1.54, 1.807) is 36.4 Å². The lowest BCUT2D eigenvalue weighted by Crippen LogP contribution is -2.07. The Morgan fingerprint density at radius 2 is 1.83 bits per heavy atom. The third-order valence-corrected chi connectivity index (χ3v) is 3.61. The van der Waals surface area contributed by atoms with Crippen LogP contribution in [0.15, 0.2) is 59.5 Å². The Hall–Kier alpha value is -1.81. The van der Waals surface area contributed by atoms with E-state index in [9.17, 15) is 14.3 Å². The second-order valence-corrected chi connectivity index (χ2v) is 4.88. The number of hydrogen-bond donors (Lipinski definition) is 1. The van der Waals surface area contributed by atoms with Gasteiger partial charge in [0.25, 0.3) is 0 Å². The summed E-state index contributed by atoms with van der Waals surface area (Å²) < 4.78 is 13.1. The first-order chi connectivity index (χ1) is 8.66. The van der Waals surface area contributed by atoms with Crippen molar-refractivity contribution < 1.29 is 14.3 Å². The summed E-state index contributed by atoms with van der Waals surface area (Å²) in [6.45, 7) is 0. The first-order valence-electron chi connectivity index (χ1n) is 5.37.